The zero-order chi connectivity index (χ0) is 23.0. The van der Waals surface area contributed by atoms with Crippen molar-refractivity contribution in [3.05, 3.63) is 58.8 Å². The van der Waals surface area contributed by atoms with Crippen molar-refractivity contribution in [3.63, 3.8) is 0 Å². The summed E-state index contributed by atoms with van der Waals surface area (Å²) in [6.45, 7) is 0.553. The Morgan fingerprint density at radius 1 is 0.969 bits per heavy atom. The van der Waals surface area contributed by atoms with Gasteiger partial charge in [0.25, 0.3) is 5.91 Å². The third kappa shape index (κ3) is 4.00. The van der Waals surface area contributed by atoms with Crippen molar-refractivity contribution in [1.29, 1.82) is 0 Å². The molecule has 1 aliphatic rings. The van der Waals surface area contributed by atoms with E-state index in [4.69, 9.17) is 4.74 Å². The number of rotatable bonds is 5. The van der Waals surface area contributed by atoms with Crippen LogP contribution < -0.4 is 10.4 Å². The minimum Gasteiger partial charge on any atom is -0.484 e. The Kier molecular flexibility index (Phi) is 5.78. The van der Waals surface area contributed by atoms with Crippen LogP contribution in [-0.2, 0) is 28.9 Å². The maximum Gasteiger partial charge on any atom is 0.328 e. The van der Waals surface area contributed by atoms with Gasteiger partial charge in [0, 0.05) is 40.3 Å². The minimum absolute atomic E-state index is 0.102. The van der Waals surface area contributed by atoms with E-state index in [1.807, 2.05) is 0 Å². The van der Waals surface area contributed by atoms with Crippen molar-refractivity contribution in [1.82, 2.24) is 18.3 Å². The molecule has 0 spiro atoms. The molecule has 1 saturated heterocycles. The number of aromatic nitrogens is 2. The van der Waals surface area contributed by atoms with E-state index in [2.05, 4.69) is 0 Å². The molecular formula is C21H23FN4O5S. The average Bonchev–Trinajstić information content (AvgIpc) is 3.02. The topological polar surface area (TPSA) is 93.9 Å². The predicted octanol–water partition coefficient (Wildman–Crippen LogP) is 0.928. The van der Waals surface area contributed by atoms with E-state index in [-0.39, 0.29) is 49.3 Å². The fraction of sp³-hybridized carbons (Fsp3) is 0.333. The summed E-state index contributed by atoms with van der Waals surface area (Å²) < 4.78 is 48.8. The Hall–Kier alpha value is -3.18. The molecule has 2 aromatic carbocycles. The number of benzene rings is 2. The lowest BCUT2D eigenvalue weighted by atomic mass is 10.3. The van der Waals surface area contributed by atoms with Crippen LogP contribution in [0.15, 0.2) is 52.2 Å². The standard InChI is InChI=1S/C21H23FN4O5S/c1-23-18-8-7-17(13-19(18)24(2)21(23)28)32(29,30)26-11-9-25(10-12-26)20(27)14-31-16-5-3-15(22)4-6-16/h3-8,13H,9-12,14H2,1-2H3. The first-order chi connectivity index (χ1) is 15.2. The zero-order valence-corrected chi connectivity index (χ0v) is 18.5. The summed E-state index contributed by atoms with van der Waals surface area (Å²) in [5, 5.41) is 0. The van der Waals surface area contributed by atoms with Gasteiger partial charge in [0.2, 0.25) is 10.0 Å². The number of nitrogens with zero attached hydrogens (tertiary/aromatic N) is 4. The highest BCUT2D eigenvalue weighted by molar-refractivity contribution is 7.89. The van der Waals surface area contributed by atoms with Crippen LogP contribution >= 0.6 is 0 Å². The summed E-state index contributed by atoms with van der Waals surface area (Å²) in [4.78, 5) is 26.2. The van der Waals surface area contributed by atoms with Gasteiger partial charge in [0.15, 0.2) is 6.61 Å². The number of amides is 1. The van der Waals surface area contributed by atoms with Crippen molar-refractivity contribution in [2.45, 2.75) is 4.90 Å². The van der Waals surface area contributed by atoms with Crippen molar-refractivity contribution < 1.29 is 22.3 Å². The summed E-state index contributed by atoms with van der Waals surface area (Å²) in [5.41, 5.74) is 0.947. The quantitative estimate of drug-likeness (QED) is 0.562. The number of ether oxygens (including phenoxy) is 1. The number of hydrogen-bond acceptors (Lipinski definition) is 5. The summed E-state index contributed by atoms with van der Waals surface area (Å²) in [6.07, 6.45) is 0. The van der Waals surface area contributed by atoms with Gasteiger partial charge in [-0.1, -0.05) is 0 Å². The smallest absolute Gasteiger partial charge is 0.328 e. The van der Waals surface area contributed by atoms with Crippen LogP contribution in [0.1, 0.15) is 0 Å². The van der Waals surface area contributed by atoms with Gasteiger partial charge in [-0.25, -0.2) is 17.6 Å². The number of carbonyl (C=O) groups is 1. The van der Waals surface area contributed by atoms with E-state index in [0.29, 0.717) is 16.8 Å². The number of sulfonamides is 1. The summed E-state index contributed by atoms with van der Waals surface area (Å²) >= 11 is 0. The van der Waals surface area contributed by atoms with Gasteiger partial charge >= 0.3 is 5.69 Å². The first-order valence-electron chi connectivity index (χ1n) is 10.0. The van der Waals surface area contributed by atoms with E-state index < -0.39 is 15.8 Å². The second kappa shape index (κ2) is 8.40. The second-order valence-electron chi connectivity index (χ2n) is 7.58. The summed E-state index contributed by atoms with van der Waals surface area (Å²) in [6, 6.07) is 9.97. The van der Waals surface area contributed by atoms with Crippen LogP contribution in [0.3, 0.4) is 0 Å². The highest BCUT2D eigenvalue weighted by Crippen LogP contribution is 2.22. The lowest BCUT2D eigenvalue weighted by Crippen LogP contribution is -2.51. The Morgan fingerprint density at radius 3 is 2.25 bits per heavy atom. The highest BCUT2D eigenvalue weighted by Gasteiger charge is 2.30. The largest absolute Gasteiger partial charge is 0.484 e. The normalized spacial score (nSPS) is 15.3. The molecule has 0 saturated carbocycles. The summed E-state index contributed by atoms with van der Waals surface area (Å²) in [5.74, 6) is -0.284. The molecule has 11 heteroatoms. The zero-order valence-electron chi connectivity index (χ0n) is 17.7. The fourth-order valence-electron chi connectivity index (χ4n) is 3.74. The number of aryl methyl sites for hydroxylation is 2. The van der Waals surface area contributed by atoms with Crippen LogP contribution in [0.5, 0.6) is 5.75 Å². The minimum atomic E-state index is -3.78. The predicted molar refractivity (Wildman–Crippen MR) is 115 cm³/mol. The first kappa shape index (κ1) is 22.0. The molecule has 0 bridgehead atoms. The molecule has 1 amide bonds. The van der Waals surface area contributed by atoms with E-state index in [0.717, 1.165) is 0 Å². The molecule has 1 aliphatic heterocycles. The number of halogens is 1. The average molecular weight is 463 g/mol. The number of piperazine rings is 1. The molecule has 32 heavy (non-hydrogen) atoms. The maximum absolute atomic E-state index is 13.1. The van der Waals surface area contributed by atoms with E-state index in [9.17, 15) is 22.4 Å². The van der Waals surface area contributed by atoms with Crippen LogP contribution in [-0.4, -0.2) is 65.5 Å². The molecule has 0 radical (unpaired) electrons. The highest BCUT2D eigenvalue weighted by atomic mass is 32.2. The molecule has 0 N–H and O–H groups in total. The maximum atomic E-state index is 13.1. The van der Waals surface area contributed by atoms with Crippen molar-refractivity contribution in [3.8, 4) is 5.75 Å². The molecule has 2 heterocycles. The third-order valence-corrected chi connectivity index (χ3v) is 7.54. The molecule has 1 fully saturated rings. The second-order valence-corrected chi connectivity index (χ2v) is 9.52. The monoisotopic (exact) mass is 462 g/mol. The third-order valence-electron chi connectivity index (χ3n) is 5.65. The fourth-order valence-corrected chi connectivity index (χ4v) is 5.18. The Balaban J connectivity index is 1.41. The van der Waals surface area contributed by atoms with Crippen molar-refractivity contribution in [2.75, 3.05) is 32.8 Å². The van der Waals surface area contributed by atoms with Gasteiger partial charge < -0.3 is 9.64 Å². The van der Waals surface area contributed by atoms with E-state index >= 15 is 0 Å². The number of fused-ring (bicyclic) bond motifs is 1. The first-order valence-corrected chi connectivity index (χ1v) is 11.4. The van der Waals surface area contributed by atoms with E-state index in [1.165, 1.54) is 49.8 Å². The molecule has 3 aromatic rings. The number of hydrogen-bond donors (Lipinski definition) is 0. The molecule has 1 aromatic heterocycles. The van der Waals surface area contributed by atoms with Gasteiger partial charge in [0.1, 0.15) is 11.6 Å². The SMILES string of the molecule is Cn1c(=O)n(C)c2cc(S(=O)(=O)N3CCN(C(=O)COc4ccc(F)cc4)CC3)ccc21. The summed E-state index contributed by atoms with van der Waals surface area (Å²) in [7, 11) is -0.548. The van der Waals surface area contributed by atoms with Crippen molar-refractivity contribution >= 4 is 27.0 Å². The lowest BCUT2D eigenvalue weighted by molar-refractivity contribution is -0.134. The molecule has 4 rings (SSSR count). The Bertz CT molecular complexity index is 1320. The van der Waals surface area contributed by atoms with Crippen LogP contribution in [0.2, 0.25) is 0 Å². The molecule has 170 valence electrons. The van der Waals surface area contributed by atoms with Gasteiger partial charge in [-0.2, -0.15) is 4.31 Å². The molecule has 0 atom stereocenters. The van der Waals surface area contributed by atoms with Gasteiger partial charge in [0.05, 0.1) is 15.9 Å². The lowest BCUT2D eigenvalue weighted by Gasteiger charge is -2.34. The molecule has 0 unspecified atom stereocenters. The van der Waals surface area contributed by atoms with Crippen LogP contribution in [0.4, 0.5) is 4.39 Å². The van der Waals surface area contributed by atoms with Gasteiger partial charge in [-0.05, 0) is 42.5 Å². The van der Waals surface area contributed by atoms with Gasteiger partial charge in [-0.15, -0.1) is 0 Å². The number of carbonyl (C=O) groups excluding carboxylic acids is 1. The van der Waals surface area contributed by atoms with Crippen molar-refractivity contribution in [2.24, 2.45) is 14.1 Å². The van der Waals surface area contributed by atoms with E-state index in [1.54, 1.807) is 25.1 Å². The number of imidazole rings is 1. The Morgan fingerprint density at radius 2 is 1.59 bits per heavy atom. The van der Waals surface area contributed by atoms with Crippen LogP contribution in [0, 0.1) is 5.82 Å². The van der Waals surface area contributed by atoms with Crippen LogP contribution in [0.25, 0.3) is 11.0 Å². The molecule has 0 aliphatic carbocycles. The Labute approximate surface area is 184 Å². The molecule has 9 nitrogen and oxygen atoms in total. The molecular weight excluding hydrogens is 439 g/mol. The van der Waals surface area contributed by atoms with Gasteiger partial charge in [-0.3, -0.25) is 13.9 Å².